The van der Waals surface area contributed by atoms with Crippen LogP contribution in [0.15, 0.2) is 45.6 Å². The summed E-state index contributed by atoms with van der Waals surface area (Å²) in [6, 6.07) is 8.42. The lowest BCUT2D eigenvalue weighted by molar-refractivity contribution is -0.278. The topological polar surface area (TPSA) is 249 Å². The van der Waals surface area contributed by atoms with Gasteiger partial charge in [-0.05, 0) is 24.3 Å². The van der Waals surface area contributed by atoms with E-state index in [1.54, 1.807) is 24.3 Å². The molecule has 2 fully saturated rings. The van der Waals surface area contributed by atoms with Gasteiger partial charge in [0.1, 0.15) is 83.3 Å². The molecule has 1 aromatic heterocycles. The van der Waals surface area contributed by atoms with E-state index in [4.69, 9.17) is 23.4 Å². The molecular formula is C28H32O15. The summed E-state index contributed by atoms with van der Waals surface area (Å²) in [5.74, 6) is -0.594. The predicted octanol–water partition coefficient (Wildman–Crippen LogP) is -2.13. The molecule has 15 heteroatoms. The van der Waals surface area contributed by atoms with Gasteiger partial charge in [-0.3, -0.25) is 4.79 Å². The molecule has 43 heavy (non-hydrogen) atoms. The summed E-state index contributed by atoms with van der Waals surface area (Å²) in [5.41, 5.74) is -1.01. The lowest BCUT2D eigenvalue weighted by Gasteiger charge is -2.42. The monoisotopic (exact) mass is 608 g/mol. The molecule has 10 atom stereocenters. The van der Waals surface area contributed by atoms with Gasteiger partial charge in [0, 0.05) is 17.7 Å². The van der Waals surface area contributed by atoms with Crippen molar-refractivity contribution in [3.8, 4) is 28.6 Å². The third-order valence-electron chi connectivity index (χ3n) is 7.62. The Bertz CT molecular complexity index is 1490. The van der Waals surface area contributed by atoms with Crippen LogP contribution in [0.4, 0.5) is 0 Å². The van der Waals surface area contributed by atoms with Crippen LogP contribution in [0.5, 0.6) is 17.2 Å². The van der Waals surface area contributed by atoms with E-state index < -0.39 is 91.4 Å². The number of aliphatic hydroxyl groups excluding tert-OH is 8. The molecule has 2 saturated heterocycles. The quantitative estimate of drug-likeness (QED) is 0.139. The zero-order valence-corrected chi connectivity index (χ0v) is 22.6. The third-order valence-corrected chi connectivity index (χ3v) is 7.62. The van der Waals surface area contributed by atoms with Crippen LogP contribution in [0.1, 0.15) is 11.7 Å². The Morgan fingerprint density at radius 1 is 0.791 bits per heavy atom. The largest absolute Gasteiger partial charge is 0.507 e. The van der Waals surface area contributed by atoms with Crippen molar-refractivity contribution in [3.63, 3.8) is 0 Å². The van der Waals surface area contributed by atoms with E-state index in [9.17, 15) is 50.8 Å². The fraction of sp³-hybridized carbons (Fsp3) is 0.464. The first-order valence-corrected chi connectivity index (χ1v) is 13.3. The number of ether oxygens (including phenoxy) is 4. The van der Waals surface area contributed by atoms with E-state index in [1.807, 2.05) is 0 Å². The minimum atomic E-state index is -1.90. The van der Waals surface area contributed by atoms with Crippen molar-refractivity contribution < 1.29 is 69.3 Å². The number of methoxy groups -OCH3 is 1. The molecule has 0 radical (unpaired) electrons. The highest BCUT2D eigenvalue weighted by Crippen LogP contribution is 2.45. The summed E-state index contributed by atoms with van der Waals surface area (Å²) in [7, 11) is 1.47. The molecule has 3 heterocycles. The number of hydrogen-bond acceptors (Lipinski definition) is 15. The number of benzene rings is 2. The van der Waals surface area contributed by atoms with Crippen molar-refractivity contribution >= 4 is 11.0 Å². The first-order valence-electron chi connectivity index (χ1n) is 13.3. The molecule has 0 amide bonds. The SMILES string of the molecule is COc1ccc(-c2cc(=O)c3c(O)cc(O[C@@H]4O[C@H](CO)[C@H](O)[C@@H](O)[C@H]4O)c([C@@H]4O[C@H](CO)[C@H](O)[C@@H](O)[C@H]4O)c3o2)cc1. The van der Waals surface area contributed by atoms with Crippen molar-refractivity contribution in [3.05, 3.63) is 52.2 Å². The lowest BCUT2D eigenvalue weighted by atomic mass is 9.89. The van der Waals surface area contributed by atoms with Crippen LogP contribution in [-0.4, -0.2) is 121 Å². The normalized spacial score (nSPS) is 33.0. The number of phenols is 1. The molecule has 15 nitrogen and oxygen atoms in total. The molecule has 2 aliphatic rings. The molecule has 9 N–H and O–H groups in total. The molecule has 3 aromatic rings. The van der Waals surface area contributed by atoms with Gasteiger partial charge in [-0.25, -0.2) is 0 Å². The second kappa shape index (κ2) is 12.3. The van der Waals surface area contributed by atoms with Crippen LogP contribution in [0.2, 0.25) is 0 Å². The average molecular weight is 609 g/mol. The van der Waals surface area contributed by atoms with Gasteiger partial charge in [0.05, 0.1) is 25.9 Å². The fourth-order valence-corrected chi connectivity index (χ4v) is 5.21. The average Bonchev–Trinajstić information content (AvgIpc) is 3.00. The summed E-state index contributed by atoms with van der Waals surface area (Å²) in [6.07, 6.45) is -17.2. The van der Waals surface area contributed by atoms with Gasteiger partial charge in [-0.2, -0.15) is 0 Å². The van der Waals surface area contributed by atoms with E-state index in [0.29, 0.717) is 11.3 Å². The summed E-state index contributed by atoms with van der Waals surface area (Å²) in [5, 5.41) is 92.8. The van der Waals surface area contributed by atoms with Crippen molar-refractivity contribution in [1.82, 2.24) is 0 Å². The summed E-state index contributed by atoms with van der Waals surface area (Å²) >= 11 is 0. The molecule has 0 saturated carbocycles. The van der Waals surface area contributed by atoms with Crippen LogP contribution in [0.3, 0.4) is 0 Å². The van der Waals surface area contributed by atoms with E-state index in [1.165, 1.54) is 7.11 Å². The van der Waals surface area contributed by atoms with Gasteiger partial charge < -0.3 is 69.3 Å². The standard InChI is InChI=1S/C28H32O15/c1-39-11-4-2-10(3-5-11)14-6-12(31)18-13(32)7-15(42-28-25(38)23(36)21(34)17(9-30)43-28)19(26(18)40-14)27-24(37)22(35)20(33)16(8-29)41-27/h2-7,16-17,20-25,27-30,32-38H,8-9H2,1H3/t16-,17-,20+,21+,22-,23-,24-,25-,27+,28-/m1/s1. The Hall–Kier alpha value is -3.35. The molecule has 0 aliphatic carbocycles. The Morgan fingerprint density at radius 2 is 1.40 bits per heavy atom. The molecule has 0 unspecified atom stereocenters. The number of aliphatic hydroxyl groups is 8. The smallest absolute Gasteiger partial charge is 0.229 e. The Morgan fingerprint density at radius 3 is 2.00 bits per heavy atom. The fourth-order valence-electron chi connectivity index (χ4n) is 5.21. The summed E-state index contributed by atoms with van der Waals surface area (Å²) < 4.78 is 28.2. The molecule has 5 rings (SSSR count). The zero-order chi connectivity index (χ0) is 31.2. The number of phenolic OH excluding ortho intramolecular Hbond substituents is 1. The first-order chi connectivity index (χ1) is 20.5. The maximum Gasteiger partial charge on any atom is 0.229 e. The summed E-state index contributed by atoms with van der Waals surface area (Å²) in [6.45, 7) is -1.56. The Balaban J connectivity index is 1.72. The van der Waals surface area contributed by atoms with Crippen LogP contribution in [-0.2, 0) is 9.47 Å². The van der Waals surface area contributed by atoms with Crippen LogP contribution in [0, 0.1) is 0 Å². The third kappa shape index (κ3) is 5.56. The van der Waals surface area contributed by atoms with Crippen LogP contribution < -0.4 is 14.9 Å². The maximum atomic E-state index is 13.3. The number of hydrogen-bond donors (Lipinski definition) is 9. The van der Waals surface area contributed by atoms with Crippen molar-refractivity contribution in [1.29, 1.82) is 0 Å². The van der Waals surface area contributed by atoms with E-state index in [2.05, 4.69) is 0 Å². The molecular weight excluding hydrogens is 576 g/mol. The highest BCUT2D eigenvalue weighted by molar-refractivity contribution is 5.89. The van der Waals surface area contributed by atoms with Gasteiger partial charge in [0.15, 0.2) is 11.0 Å². The van der Waals surface area contributed by atoms with Gasteiger partial charge >= 0.3 is 0 Å². The molecule has 0 spiro atoms. The van der Waals surface area contributed by atoms with Crippen LogP contribution >= 0.6 is 0 Å². The maximum absolute atomic E-state index is 13.3. The molecule has 2 aliphatic heterocycles. The highest BCUT2D eigenvalue weighted by Gasteiger charge is 2.48. The molecule has 2 aromatic carbocycles. The zero-order valence-electron chi connectivity index (χ0n) is 22.6. The van der Waals surface area contributed by atoms with Crippen molar-refractivity contribution in [2.24, 2.45) is 0 Å². The highest BCUT2D eigenvalue weighted by atomic mass is 16.7. The number of fused-ring (bicyclic) bond motifs is 1. The summed E-state index contributed by atoms with van der Waals surface area (Å²) in [4.78, 5) is 13.3. The lowest BCUT2D eigenvalue weighted by Crippen LogP contribution is -2.60. The molecule has 234 valence electrons. The van der Waals surface area contributed by atoms with Gasteiger partial charge in [0.25, 0.3) is 0 Å². The van der Waals surface area contributed by atoms with Crippen molar-refractivity contribution in [2.75, 3.05) is 20.3 Å². The second-order valence-electron chi connectivity index (χ2n) is 10.3. The van der Waals surface area contributed by atoms with E-state index >= 15 is 0 Å². The van der Waals surface area contributed by atoms with Gasteiger partial charge in [-0.1, -0.05) is 0 Å². The van der Waals surface area contributed by atoms with Crippen molar-refractivity contribution in [2.45, 2.75) is 61.2 Å². The van der Waals surface area contributed by atoms with Gasteiger partial charge in [-0.15, -0.1) is 0 Å². The van der Waals surface area contributed by atoms with E-state index in [-0.39, 0.29) is 22.3 Å². The Labute approximate surface area is 242 Å². The predicted molar refractivity (Wildman–Crippen MR) is 143 cm³/mol. The Kier molecular flexibility index (Phi) is 8.92. The number of aromatic hydroxyl groups is 1. The van der Waals surface area contributed by atoms with E-state index in [0.717, 1.165) is 12.1 Å². The number of rotatable bonds is 7. The molecule has 0 bridgehead atoms. The van der Waals surface area contributed by atoms with Crippen LogP contribution in [0.25, 0.3) is 22.3 Å². The van der Waals surface area contributed by atoms with Gasteiger partial charge in [0.2, 0.25) is 6.29 Å². The second-order valence-corrected chi connectivity index (χ2v) is 10.3. The minimum absolute atomic E-state index is 0.00427. The first kappa shape index (κ1) is 31.1. The minimum Gasteiger partial charge on any atom is -0.507 e.